The van der Waals surface area contributed by atoms with Crippen LogP contribution in [0.1, 0.15) is 232 Å². The van der Waals surface area contributed by atoms with Gasteiger partial charge in [0.05, 0.1) is 40.3 Å². The average Bonchev–Trinajstić information content (AvgIpc) is 3.29. The van der Waals surface area contributed by atoms with Crippen LogP contribution in [0.5, 0.6) is 0 Å². The second-order valence-corrected chi connectivity index (χ2v) is 19.5. The second-order valence-electron chi connectivity index (χ2n) is 19.5. The van der Waals surface area contributed by atoms with Crippen LogP contribution in [0.25, 0.3) is 0 Å². The van der Waals surface area contributed by atoms with Gasteiger partial charge in [0.15, 0.2) is 12.4 Å². The molecule has 0 bridgehead atoms. The maximum atomic E-state index is 12.8. The highest BCUT2D eigenvalue weighted by atomic mass is 16.7. The average molecular weight is 942 g/mol. The third kappa shape index (κ3) is 50.7. The number of hydrogen-bond donors (Lipinski definition) is 0. The first-order valence-corrected chi connectivity index (χ1v) is 27.4. The Labute approximate surface area is 412 Å². The van der Waals surface area contributed by atoms with Crippen LogP contribution in [0, 0.1) is 0 Å². The van der Waals surface area contributed by atoms with Gasteiger partial charge in [-0.1, -0.05) is 203 Å². The molecule has 0 N–H and O–H groups in total. The van der Waals surface area contributed by atoms with Gasteiger partial charge in [-0.15, -0.1) is 0 Å². The number of carboxylic acids is 1. The van der Waals surface area contributed by atoms with Crippen molar-refractivity contribution in [2.75, 3.05) is 47.5 Å². The van der Waals surface area contributed by atoms with E-state index in [1.807, 2.05) is 21.1 Å². The number of carbonyl (C=O) groups is 3. The minimum Gasteiger partial charge on any atom is -0.545 e. The summed E-state index contributed by atoms with van der Waals surface area (Å²) in [5.41, 5.74) is 0. The summed E-state index contributed by atoms with van der Waals surface area (Å²) in [5.74, 6) is -2.32. The molecule has 0 aliphatic rings. The van der Waals surface area contributed by atoms with Crippen molar-refractivity contribution < 1.29 is 42.9 Å². The van der Waals surface area contributed by atoms with E-state index in [2.05, 4.69) is 74.6 Å². The molecule has 0 aromatic heterocycles. The van der Waals surface area contributed by atoms with Crippen molar-refractivity contribution in [2.24, 2.45) is 0 Å². The van der Waals surface area contributed by atoms with Crippen LogP contribution in [0.3, 0.4) is 0 Å². The Kier molecular flexibility index (Phi) is 47.2. The number of rotatable bonds is 50. The molecule has 0 radical (unpaired) electrons. The number of hydrogen-bond acceptors (Lipinski definition) is 8. The largest absolute Gasteiger partial charge is 0.545 e. The summed E-state index contributed by atoms with van der Waals surface area (Å²) in [7, 11) is 5.90. The normalized spacial score (nSPS) is 13.3. The maximum absolute atomic E-state index is 12.8. The summed E-state index contributed by atoms with van der Waals surface area (Å²) < 4.78 is 22.6. The molecule has 0 rings (SSSR count). The van der Waals surface area contributed by atoms with E-state index in [4.69, 9.17) is 18.9 Å². The molecule has 0 aromatic carbocycles. The summed E-state index contributed by atoms with van der Waals surface area (Å²) in [6.45, 7) is 4.59. The van der Waals surface area contributed by atoms with E-state index in [0.29, 0.717) is 17.4 Å². The Bertz CT molecular complexity index is 1280. The van der Waals surface area contributed by atoms with Crippen LogP contribution in [-0.2, 0) is 33.3 Å². The minimum absolute atomic E-state index is 0.141. The topological polar surface area (TPSA) is 111 Å². The summed E-state index contributed by atoms with van der Waals surface area (Å²) in [6, 6.07) is 0. The Morgan fingerprint density at radius 1 is 0.463 bits per heavy atom. The van der Waals surface area contributed by atoms with Crippen LogP contribution in [0.15, 0.2) is 60.8 Å². The van der Waals surface area contributed by atoms with Crippen molar-refractivity contribution in [3.63, 3.8) is 0 Å². The number of unbranched alkanes of at least 4 members (excludes halogenated alkanes) is 25. The van der Waals surface area contributed by atoms with Crippen molar-refractivity contribution >= 4 is 17.9 Å². The van der Waals surface area contributed by atoms with Gasteiger partial charge in [0.25, 0.3) is 0 Å². The van der Waals surface area contributed by atoms with Crippen molar-refractivity contribution in [1.82, 2.24) is 0 Å². The van der Waals surface area contributed by atoms with Crippen molar-refractivity contribution in [2.45, 2.75) is 245 Å². The highest BCUT2D eigenvalue weighted by Crippen LogP contribution is 2.16. The number of esters is 2. The molecular weight excluding hydrogens is 839 g/mol. The fourth-order valence-electron chi connectivity index (χ4n) is 7.52. The van der Waals surface area contributed by atoms with Crippen LogP contribution in [0.2, 0.25) is 0 Å². The van der Waals surface area contributed by atoms with E-state index in [1.54, 1.807) is 0 Å². The lowest BCUT2D eigenvalue weighted by molar-refractivity contribution is -0.870. The smallest absolute Gasteiger partial charge is 0.306 e. The van der Waals surface area contributed by atoms with E-state index in [-0.39, 0.29) is 38.6 Å². The van der Waals surface area contributed by atoms with E-state index in [0.717, 1.165) is 64.2 Å². The van der Waals surface area contributed by atoms with Crippen LogP contribution >= 0.6 is 0 Å². The molecule has 0 aromatic rings. The summed E-state index contributed by atoms with van der Waals surface area (Å²) in [5, 5.41) is 11.7. The molecule has 0 amide bonds. The predicted octanol–water partition coefficient (Wildman–Crippen LogP) is 14.3. The van der Waals surface area contributed by atoms with Gasteiger partial charge in [-0.3, -0.25) is 9.59 Å². The zero-order valence-corrected chi connectivity index (χ0v) is 44.0. The maximum Gasteiger partial charge on any atom is 0.306 e. The number of carbonyl (C=O) groups excluding carboxylic acids is 3. The first-order chi connectivity index (χ1) is 32.6. The molecule has 0 aliphatic carbocycles. The first kappa shape index (κ1) is 64.0. The van der Waals surface area contributed by atoms with E-state index < -0.39 is 24.3 Å². The molecule has 388 valence electrons. The molecule has 0 fully saturated rings. The van der Waals surface area contributed by atoms with Gasteiger partial charge >= 0.3 is 11.9 Å². The molecule has 9 nitrogen and oxygen atoms in total. The highest BCUT2D eigenvalue weighted by molar-refractivity contribution is 5.70. The third-order valence-corrected chi connectivity index (χ3v) is 11.7. The van der Waals surface area contributed by atoms with Crippen molar-refractivity contribution in [1.29, 1.82) is 0 Å². The first-order valence-electron chi connectivity index (χ1n) is 27.4. The summed E-state index contributed by atoms with van der Waals surface area (Å²) in [6.07, 6.45) is 58.6. The van der Waals surface area contributed by atoms with Gasteiger partial charge in [-0.05, 0) is 77.0 Å². The zero-order chi connectivity index (χ0) is 49.2. The predicted molar refractivity (Wildman–Crippen MR) is 278 cm³/mol. The van der Waals surface area contributed by atoms with Crippen LogP contribution in [-0.4, -0.2) is 82.3 Å². The van der Waals surface area contributed by atoms with Gasteiger partial charge in [0.1, 0.15) is 13.2 Å². The molecule has 67 heavy (non-hydrogen) atoms. The zero-order valence-electron chi connectivity index (χ0n) is 44.0. The molecule has 2 atom stereocenters. The Hall–Kier alpha value is -3.01. The number of allylic oxidation sites excluding steroid dienone is 10. The lowest BCUT2D eigenvalue weighted by atomic mass is 10.0. The standard InChI is InChI=1S/C58H103NO8/c1-6-8-10-12-14-16-18-20-21-22-23-24-25-26-27-28-29-30-31-32-33-34-35-37-38-40-42-44-46-48-55(60)65-52-54(53-66-58(57(62)63)64-51-50-59(3,4)5)67-56(61)49-47-45-43-41-39-36-19-17-15-13-11-9-7-2/h9,11,15,17-18,20,22-23,36,39,54,58H,6-8,10,12-14,16,19,21,24-35,37-38,40-53H2,1-5H3/b11-9-,17-15-,20-18-,23-22-,39-36-. The van der Waals surface area contributed by atoms with Crippen LogP contribution in [0.4, 0.5) is 0 Å². The number of quaternary nitrogens is 1. The third-order valence-electron chi connectivity index (χ3n) is 11.7. The van der Waals surface area contributed by atoms with Gasteiger partial charge in [0, 0.05) is 12.8 Å². The van der Waals surface area contributed by atoms with Gasteiger partial charge < -0.3 is 33.3 Å². The molecule has 0 spiro atoms. The lowest BCUT2D eigenvalue weighted by Crippen LogP contribution is -2.44. The lowest BCUT2D eigenvalue weighted by Gasteiger charge is -2.26. The van der Waals surface area contributed by atoms with Gasteiger partial charge in [-0.25, -0.2) is 0 Å². The number of nitrogens with zero attached hydrogens (tertiary/aromatic N) is 1. The van der Waals surface area contributed by atoms with E-state index >= 15 is 0 Å². The van der Waals surface area contributed by atoms with Crippen LogP contribution < -0.4 is 5.11 Å². The minimum atomic E-state index is -1.63. The molecular formula is C58H103NO8. The van der Waals surface area contributed by atoms with Gasteiger partial charge in [0.2, 0.25) is 0 Å². The molecule has 0 saturated carbocycles. The fourth-order valence-corrected chi connectivity index (χ4v) is 7.52. The second kappa shape index (κ2) is 49.4. The Morgan fingerprint density at radius 2 is 0.851 bits per heavy atom. The number of carboxylic acid groups (broad SMARTS) is 1. The molecule has 0 heterocycles. The monoisotopic (exact) mass is 942 g/mol. The molecule has 9 heteroatoms. The van der Waals surface area contributed by atoms with Crippen molar-refractivity contribution in [3.8, 4) is 0 Å². The summed E-state index contributed by atoms with van der Waals surface area (Å²) >= 11 is 0. The van der Waals surface area contributed by atoms with Gasteiger partial charge in [-0.2, -0.15) is 0 Å². The Morgan fingerprint density at radius 3 is 1.28 bits per heavy atom. The number of ether oxygens (including phenoxy) is 4. The van der Waals surface area contributed by atoms with E-state index in [9.17, 15) is 19.5 Å². The quantitative estimate of drug-likeness (QED) is 0.0195. The Balaban J connectivity index is 4.14. The fraction of sp³-hybridized carbons (Fsp3) is 0.776. The van der Waals surface area contributed by atoms with E-state index in [1.165, 1.54) is 135 Å². The SMILES string of the molecule is CC/C=C\C/C=C\C/C=C\CCCCCC(=O)OC(COC(=O)CCCCCCCCCCCCCCCCCCC/C=C\C/C=C\CCCCCCC)COC(OCC[N+](C)(C)C)C(=O)[O-]. The number of aliphatic carboxylic acids is 1. The highest BCUT2D eigenvalue weighted by Gasteiger charge is 2.22. The summed E-state index contributed by atoms with van der Waals surface area (Å²) in [4.78, 5) is 37.1. The van der Waals surface area contributed by atoms with Crippen molar-refractivity contribution in [3.05, 3.63) is 60.8 Å². The number of likely N-dealkylation sites (N-methyl/N-ethyl adjacent to an activating group) is 1. The molecule has 2 unspecified atom stereocenters. The molecule has 0 saturated heterocycles. The molecule has 0 aliphatic heterocycles.